The van der Waals surface area contributed by atoms with Crippen LogP contribution >= 0.6 is 23.2 Å². The molecule has 0 aliphatic heterocycles. The molecule has 1 aromatic carbocycles. The van der Waals surface area contributed by atoms with Gasteiger partial charge in [0.25, 0.3) is 5.91 Å². The lowest BCUT2D eigenvalue weighted by atomic mass is 10.2. The van der Waals surface area contributed by atoms with Gasteiger partial charge in [0.15, 0.2) is 0 Å². The summed E-state index contributed by atoms with van der Waals surface area (Å²) in [5.74, 6) is 0.161. The number of carbonyl (C=O) groups excluding carboxylic acids is 1. The second-order valence-corrected chi connectivity index (χ2v) is 6.07. The lowest BCUT2D eigenvalue weighted by Gasteiger charge is -2.03. The van der Waals surface area contributed by atoms with E-state index in [2.05, 4.69) is 15.6 Å². The van der Waals surface area contributed by atoms with E-state index in [0.717, 1.165) is 5.69 Å². The van der Waals surface area contributed by atoms with Crippen LogP contribution in [0.5, 0.6) is 0 Å². The molecule has 0 fully saturated rings. The molecule has 128 valence electrons. The lowest BCUT2D eigenvalue weighted by molar-refractivity contribution is 0.0953. The van der Waals surface area contributed by atoms with Crippen molar-refractivity contribution >= 4 is 35.3 Å². The first-order valence-electron chi connectivity index (χ1n) is 7.36. The third-order valence-corrected chi connectivity index (χ3v) is 4.16. The van der Waals surface area contributed by atoms with E-state index in [1.54, 1.807) is 36.7 Å². The van der Waals surface area contributed by atoms with Crippen molar-refractivity contribution in [1.82, 2.24) is 15.2 Å². The van der Waals surface area contributed by atoms with Crippen LogP contribution in [-0.4, -0.2) is 21.9 Å². The zero-order chi connectivity index (χ0) is 18.0. The summed E-state index contributed by atoms with van der Waals surface area (Å²) in [6.07, 6.45) is 2.91. The van der Waals surface area contributed by atoms with Crippen molar-refractivity contribution in [1.29, 1.82) is 0 Å². The fourth-order valence-electron chi connectivity index (χ4n) is 2.27. The van der Waals surface area contributed by atoms with Gasteiger partial charge in [-0.05, 0) is 38.1 Å². The number of furan rings is 1. The van der Waals surface area contributed by atoms with Gasteiger partial charge in [-0.3, -0.25) is 4.79 Å². The van der Waals surface area contributed by atoms with Crippen LogP contribution in [0.4, 0.5) is 0 Å². The molecule has 8 heteroatoms. The van der Waals surface area contributed by atoms with Crippen LogP contribution in [0.1, 0.15) is 27.4 Å². The average molecular weight is 377 g/mol. The number of hydrogen-bond donors (Lipinski definition) is 1. The maximum Gasteiger partial charge on any atom is 0.274 e. The Hall–Kier alpha value is -2.57. The predicted molar refractivity (Wildman–Crippen MR) is 96.8 cm³/mol. The van der Waals surface area contributed by atoms with Crippen molar-refractivity contribution in [2.75, 3.05) is 0 Å². The quantitative estimate of drug-likeness (QED) is 0.548. The highest BCUT2D eigenvalue weighted by Crippen LogP contribution is 2.23. The highest BCUT2D eigenvalue weighted by molar-refractivity contribution is 6.32. The van der Waals surface area contributed by atoms with E-state index in [-0.39, 0.29) is 5.91 Å². The van der Waals surface area contributed by atoms with E-state index in [4.69, 9.17) is 27.6 Å². The molecule has 3 rings (SSSR count). The lowest BCUT2D eigenvalue weighted by Crippen LogP contribution is -2.17. The van der Waals surface area contributed by atoms with Gasteiger partial charge in [-0.25, -0.2) is 10.1 Å². The molecule has 2 aromatic heterocycles. The van der Waals surface area contributed by atoms with E-state index in [1.807, 2.05) is 12.1 Å². The minimum Gasteiger partial charge on any atom is -0.469 e. The Kier molecular flexibility index (Phi) is 4.92. The topological polar surface area (TPSA) is 72.4 Å². The fraction of sp³-hybridized carbons (Fsp3) is 0.118. The van der Waals surface area contributed by atoms with Gasteiger partial charge in [0, 0.05) is 5.02 Å². The molecule has 0 radical (unpaired) electrons. The van der Waals surface area contributed by atoms with Gasteiger partial charge in [-0.15, -0.1) is 0 Å². The summed E-state index contributed by atoms with van der Waals surface area (Å²) in [4.78, 5) is 12.0. The van der Waals surface area contributed by atoms with Gasteiger partial charge in [0.2, 0.25) is 0 Å². The van der Waals surface area contributed by atoms with Gasteiger partial charge in [0.1, 0.15) is 10.9 Å². The molecule has 25 heavy (non-hydrogen) atoms. The summed E-state index contributed by atoms with van der Waals surface area (Å²) in [5, 5.41) is 9.30. The number of aromatic nitrogens is 2. The summed E-state index contributed by atoms with van der Waals surface area (Å²) in [6.45, 7) is 3.50. The number of halogens is 2. The second kappa shape index (κ2) is 7.13. The van der Waals surface area contributed by atoms with Crippen LogP contribution in [0.25, 0.3) is 5.69 Å². The molecule has 0 spiro atoms. The van der Waals surface area contributed by atoms with Crippen molar-refractivity contribution < 1.29 is 9.21 Å². The second-order valence-electron chi connectivity index (χ2n) is 5.27. The van der Waals surface area contributed by atoms with Crippen molar-refractivity contribution in [2.24, 2.45) is 5.10 Å². The first kappa shape index (κ1) is 17.3. The van der Waals surface area contributed by atoms with E-state index in [9.17, 15) is 4.79 Å². The molecule has 0 saturated heterocycles. The first-order valence-corrected chi connectivity index (χ1v) is 8.11. The van der Waals surface area contributed by atoms with Crippen molar-refractivity contribution in [3.8, 4) is 5.69 Å². The number of nitrogens with one attached hydrogen (secondary N) is 1. The number of carbonyl (C=O) groups is 1. The summed E-state index contributed by atoms with van der Waals surface area (Å²) >= 11 is 12.4. The van der Waals surface area contributed by atoms with Crippen LogP contribution in [-0.2, 0) is 0 Å². The standard InChI is InChI=1S/C17H14Cl2N4O2/c1-10-15(9-20-21-17(24)14-6-7-25-11(14)2)16(19)23(22-10)13-5-3-4-12(18)8-13/h3-9H,1-2H3,(H,21,24)/b20-9-. The Labute approximate surface area is 154 Å². The normalized spacial score (nSPS) is 11.2. The number of amides is 1. The zero-order valence-electron chi connectivity index (χ0n) is 13.5. The Balaban J connectivity index is 1.81. The maximum atomic E-state index is 12.0. The average Bonchev–Trinajstić information content (AvgIpc) is 3.12. The van der Waals surface area contributed by atoms with E-state index in [1.165, 1.54) is 12.5 Å². The van der Waals surface area contributed by atoms with Gasteiger partial charge in [-0.2, -0.15) is 10.2 Å². The molecule has 6 nitrogen and oxygen atoms in total. The first-order chi connectivity index (χ1) is 12.0. The fourth-order valence-corrected chi connectivity index (χ4v) is 2.78. The van der Waals surface area contributed by atoms with Gasteiger partial charge < -0.3 is 4.42 Å². The molecule has 0 aliphatic carbocycles. The minimum absolute atomic E-state index is 0.362. The molecule has 0 unspecified atom stereocenters. The third-order valence-electron chi connectivity index (χ3n) is 3.56. The van der Waals surface area contributed by atoms with Crippen LogP contribution in [0, 0.1) is 13.8 Å². The van der Waals surface area contributed by atoms with Gasteiger partial charge in [0.05, 0.1) is 35.0 Å². The van der Waals surface area contributed by atoms with Crippen molar-refractivity contribution in [3.63, 3.8) is 0 Å². The predicted octanol–water partition coefficient (Wildman–Crippen LogP) is 4.15. The molecule has 2 heterocycles. The SMILES string of the molecule is Cc1nn(-c2cccc(Cl)c2)c(Cl)c1/C=N\NC(=O)c1ccoc1C. The summed E-state index contributed by atoms with van der Waals surface area (Å²) < 4.78 is 6.65. The highest BCUT2D eigenvalue weighted by Gasteiger charge is 2.14. The highest BCUT2D eigenvalue weighted by atomic mass is 35.5. The Bertz CT molecular complexity index is 959. The minimum atomic E-state index is -0.362. The summed E-state index contributed by atoms with van der Waals surface area (Å²) in [7, 11) is 0. The third kappa shape index (κ3) is 3.60. The monoisotopic (exact) mass is 376 g/mol. The van der Waals surface area contributed by atoms with Crippen molar-refractivity contribution in [3.05, 3.63) is 69.4 Å². The number of aryl methyl sites for hydroxylation is 2. The zero-order valence-corrected chi connectivity index (χ0v) is 15.0. The molecule has 0 bridgehead atoms. The van der Waals surface area contributed by atoms with Crippen molar-refractivity contribution in [2.45, 2.75) is 13.8 Å². The Morgan fingerprint density at radius 3 is 2.80 bits per heavy atom. The molecule has 0 saturated carbocycles. The van der Waals surface area contributed by atoms with Crippen LogP contribution in [0.2, 0.25) is 10.2 Å². The van der Waals surface area contributed by atoms with Crippen LogP contribution in [0.3, 0.4) is 0 Å². The number of hydrogen-bond acceptors (Lipinski definition) is 4. The molecule has 0 atom stereocenters. The van der Waals surface area contributed by atoms with E-state index >= 15 is 0 Å². The van der Waals surface area contributed by atoms with Crippen LogP contribution in [0.15, 0.2) is 46.1 Å². The van der Waals surface area contributed by atoms with Gasteiger partial charge in [-0.1, -0.05) is 29.3 Å². The number of rotatable bonds is 4. The van der Waals surface area contributed by atoms with E-state index in [0.29, 0.717) is 32.8 Å². The van der Waals surface area contributed by atoms with Crippen LogP contribution < -0.4 is 5.43 Å². The molecule has 3 aromatic rings. The largest absolute Gasteiger partial charge is 0.469 e. The Morgan fingerprint density at radius 1 is 1.32 bits per heavy atom. The summed E-state index contributed by atoms with van der Waals surface area (Å²) in [5.41, 5.74) is 4.87. The molecule has 0 aliphatic rings. The molecular weight excluding hydrogens is 363 g/mol. The molecular formula is C17H14Cl2N4O2. The Morgan fingerprint density at radius 2 is 2.12 bits per heavy atom. The maximum absolute atomic E-state index is 12.0. The number of nitrogens with zero attached hydrogens (tertiary/aromatic N) is 3. The smallest absolute Gasteiger partial charge is 0.274 e. The summed E-state index contributed by atoms with van der Waals surface area (Å²) in [6, 6.07) is 8.76. The molecule has 1 N–H and O–H groups in total. The number of benzene rings is 1. The van der Waals surface area contributed by atoms with Gasteiger partial charge >= 0.3 is 0 Å². The molecule has 1 amide bonds. The number of hydrazone groups is 1. The van der Waals surface area contributed by atoms with E-state index < -0.39 is 0 Å².